The minimum Gasteiger partial charge on any atom is -0.444 e. The molecule has 7 heteroatoms. The van der Waals surface area contributed by atoms with Crippen molar-refractivity contribution in [1.29, 1.82) is 0 Å². The van der Waals surface area contributed by atoms with E-state index in [-0.39, 0.29) is 13.0 Å². The van der Waals surface area contributed by atoms with Crippen molar-refractivity contribution in [3.63, 3.8) is 0 Å². The summed E-state index contributed by atoms with van der Waals surface area (Å²) in [6.07, 6.45) is 4.63. The molecule has 1 atom stereocenters. The van der Waals surface area contributed by atoms with Crippen LogP contribution in [-0.2, 0) is 4.74 Å². The van der Waals surface area contributed by atoms with Gasteiger partial charge in [0.2, 0.25) is 0 Å². The second-order valence-corrected chi connectivity index (χ2v) is 9.57. The molecule has 1 unspecified atom stereocenters. The van der Waals surface area contributed by atoms with Crippen LogP contribution in [0.25, 0.3) is 5.03 Å². The number of rotatable bonds is 8. The number of amides is 1. The maximum absolute atomic E-state index is 14.7. The number of ether oxygens (including phenoxy) is 1. The second kappa shape index (κ2) is 10.6. The van der Waals surface area contributed by atoms with Crippen molar-refractivity contribution in [3.8, 4) is 0 Å². The molecule has 2 rings (SSSR count). The van der Waals surface area contributed by atoms with Gasteiger partial charge in [-0.2, -0.15) is 0 Å². The Morgan fingerprint density at radius 2 is 2.10 bits per heavy atom. The standard InChI is InChI=1S/C24H33ClF2N2O2/c1-17(15-21(25)20-10-8-13-28-18(20)2)9-6-7-12-24(26,27)19-11-14-29(16-19)22(30)31-23(3,4)5/h8,10,13,15,19H,1,6-7,9,11-12,14,16H2,2-5H3/b21-15+. The number of allylic oxidation sites excluding steroid dienone is 2. The number of hydrogen-bond acceptors (Lipinski definition) is 3. The molecule has 1 amide bonds. The summed E-state index contributed by atoms with van der Waals surface area (Å²) < 4.78 is 34.6. The Morgan fingerprint density at radius 1 is 1.39 bits per heavy atom. The van der Waals surface area contributed by atoms with Gasteiger partial charge < -0.3 is 9.64 Å². The van der Waals surface area contributed by atoms with Crippen molar-refractivity contribution in [2.45, 2.75) is 71.3 Å². The zero-order chi connectivity index (χ0) is 23.2. The van der Waals surface area contributed by atoms with Crippen LogP contribution in [0.15, 0.2) is 36.6 Å². The van der Waals surface area contributed by atoms with Crippen LogP contribution in [0.4, 0.5) is 13.6 Å². The van der Waals surface area contributed by atoms with Gasteiger partial charge in [-0.05, 0) is 65.5 Å². The first kappa shape index (κ1) is 25.3. The lowest BCUT2D eigenvalue weighted by molar-refractivity contribution is -0.0631. The van der Waals surface area contributed by atoms with Gasteiger partial charge in [0, 0.05) is 47.9 Å². The van der Waals surface area contributed by atoms with Gasteiger partial charge in [0.05, 0.1) is 0 Å². The normalized spacial score (nSPS) is 17.7. The molecular formula is C24H33ClF2N2O2. The Labute approximate surface area is 189 Å². The van der Waals surface area contributed by atoms with E-state index < -0.39 is 23.5 Å². The summed E-state index contributed by atoms with van der Waals surface area (Å²) in [6, 6.07) is 3.70. The van der Waals surface area contributed by atoms with E-state index in [9.17, 15) is 13.6 Å². The predicted octanol–water partition coefficient (Wildman–Crippen LogP) is 6.98. The van der Waals surface area contributed by atoms with Crippen LogP contribution < -0.4 is 0 Å². The number of carbonyl (C=O) groups excluding carboxylic acids is 1. The number of alkyl halides is 2. The lowest BCUT2D eigenvalue weighted by Crippen LogP contribution is -2.37. The molecule has 1 aliphatic rings. The first-order valence-electron chi connectivity index (χ1n) is 10.7. The van der Waals surface area contributed by atoms with Crippen molar-refractivity contribution < 1.29 is 18.3 Å². The number of unbranched alkanes of at least 4 members (excludes halogenated alkanes) is 1. The molecular weight excluding hydrogens is 422 g/mol. The summed E-state index contributed by atoms with van der Waals surface area (Å²) in [6.45, 7) is 11.5. The van der Waals surface area contributed by atoms with Gasteiger partial charge >= 0.3 is 6.09 Å². The number of carbonyl (C=O) groups is 1. The van der Waals surface area contributed by atoms with Gasteiger partial charge in [-0.25, -0.2) is 13.6 Å². The number of likely N-dealkylation sites (tertiary alicyclic amines) is 1. The predicted molar refractivity (Wildman–Crippen MR) is 121 cm³/mol. The maximum atomic E-state index is 14.7. The summed E-state index contributed by atoms with van der Waals surface area (Å²) in [4.78, 5) is 17.7. The highest BCUT2D eigenvalue weighted by Gasteiger charge is 2.44. The van der Waals surface area contributed by atoms with Crippen LogP contribution >= 0.6 is 11.6 Å². The highest BCUT2D eigenvalue weighted by Crippen LogP contribution is 2.37. The fourth-order valence-corrected chi connectivity index (χ4v) is 3.93. The van der Waals surface area contributed by atoms with Gasteiger partial charge in [0.25, 0.3) is 5.92 Å². The van der Waals surface area contributed by atoms with Crippen LogP contribution in [-0.4, -0.2) is 40.6 Å². The molecule has 31 heavy (non-hydrogen) atoms. The molecule has 1 fully saturated rings. The average molecular weight is 455 g/mol. The fraction of sp³-hybridized carbons (Fsp3) is 0.583. The van der Waals surface area contributed by atoms with Gasteiger partial charge in [0.1, 0.15) is 5.60 Å². The van der Waals surface area contributed by atoms with Gasteiger partial charge in [-0.1, -0.05) is 29.8 Å². The Balaban J connectivity index is 1.77. The molecule has 0 spiro atoms. The smallest absolute Gasteiger partial charge is 0.410 e. The molecule has 0 N–H and O–H groups in total. The van der Waals surface area contributed by atoms with E-state index in [0.29, 0.717) is 37.3 Å². The maximum Gasteiger partial charge on any atom is 0.410 e. The van der Waals surface area contributed by atoms with Crippen molar-refractivity contribution in [1.82, 2.24) is 9.88 Å². The first-order chi connectivity index (χ1) is 14.4. The number of halogens is 3. The lowest BCUT2D eigenvalue weighted by atomic mass is 9.95. The third-order valence-electron chi connectivity index (χ3n) is 5.29. The van der Waals surface area contributed by atoms with Crippen molar-refractivity contribution >= 4 is 22.7 Å². The SMILES string of the molecule is C=C(/C=C(/Cl)c1cccnc1C)CCCCC(F)(F)C1CCN(C(=O)OC(C)(C)C)C1. The van der Waals surface area contributed by atoms with Gasteiger partial charge in [-0.15, -0.1) is 0 Å². The minimum atomic E-state index is -2.81. The zero-order valence-electron chi connectivity index (χ0n) is 18.9. The summed E-state index contributed by atoms with van der Waals surface area (Å²) in [5.41, 5.74) is 1.84. The monoisotopic (exact) mass is 454 g/mol. The minimum absolute atomic E-state index is 0.0391. The second-order valence-electron chi connectivity index (χ2n) is 9.17. The molecule has 0 saturated carbocycles. The van der Waals surface area contributed by atoms with Crippen molar-refractivity contribution in [2.24, 2.45) is 5.92 Å². The molecule has 1 aromatic rings. The van der Waals surface area contributed by atoms with Crippen LogP contribution in [0.3, 0.4) is 0 Å². The van der Waals surface area contributed by atoms with Gasteiger partial charge in [0.15, 0.2) is 0 Å². The molecule has 172 valence electrons. The Hall–Kier alpha value is -1.95. The Morgan fingerprint density at radius 3 is 2.74 bits per heavy atom. The first-order valence-corrected chi connectivity index (χ1v) is 11.1. The van der Waals surface area contributed by atoms with Crippen molar-refractivity contribution in [3.05, 3.63) is 47.8 Å². The fourth-order valence-electron chi connectivity index (χ4n) is 3.58. The number of nitrogens with zero attached hydrogens (tertiary/aromatic N) is 2. The van der Waals surface area contributed by atoms with E-state index in [2.05, 4.69) is 11.6 Å². The molecule has 0 aliphatic carbocycles. The summed E-state index contributed by atoms with van der Waals surface area (Å²) in [7, 11) is 0. The van der Waals surface area contributed by atoms with Crippen LogP contribution in [0.2, 0.25) is 0 Å². The summed E-state index contributed by atoms with van der Waals surface area (Å²) in [5, 5.41) is 0.550. The molecule has 0 bridgehead atoms. The average Bonchev–Trinajstić information content (AvgIpc) is 3.15. The van der Waals surface area contributed by atoms with E-state index in [0.717, 1.165) is 16.8 Å². The van der Waals surface area contributed by atoms with Crippen LogP contribution in [0.5, 0.6) is 0 Å². The lowest BCUT2D eigenvalue weighted by Gasteiger charge is -2.26. The molecule has 2 heterocycles. The molecule has 4 nitrogen and oxygen atoms in total. The van der Waals surface area contributed by atoms with Crippen LogP contribution in [0, 0.1) is 12.8 Å². The summed E-state index contributed by atoms with van der Waals surface area (Å²) >= 11 is 6.35. The highest BCUT2D eigenvalue weighted by atomic mass is 35.5. The highest BCUT2D eigenvalue weighted by molar-refractivity contribution is 6.49. The largest absolute Gasteiger partial charge is 0.444 e. The molecule has 0 aromatic carbocycles. The molecule has 0 radical (unpaired) electrons. The topological polar surface area (TPSA) is 42.4 Å². The molecule has 1 aromatic heterocycles. The summed E-state index contributed by atoms with van der Waals surface area (Å²) in [5.74, 6) is -3.63. The van der Waals surface area contributed by atoms with Crippen molar-refractivity contribution in [2.75, 3.05) is 13.1 Å². The Bertz CT molecular complexity index is 818. The Kier molecular flexibility index (Phi) is 8.64. The quantitative estimate of drug-likeness (QED) is 0.314. The van der Waals surface area contributed by atoms with E-state index in [1.807, 2.05) is 19.1 Å². The van der Waals surface area contributed by atoms with E-state index >= 15 is 0 Å². The van der Waals surface area contributed by atoms with E-state index in [4.69, 9.17) is 16.3 Å². The van der Waals surface area contributed by atoms with Gasteiger partial charge in [-0.3, -0.25) is 4.98 Å². The number of hydrogen-bond donors (Lipinski definition) is 0. The molecule has 1 saturated heterocycles. The van der Waals surface area contributed by atoms with E-state index in [1.165, 1.54) is 4.90 Å². The number of aromatic nitrogens is 1. The number of aryl methyl sites for hydroxylation is 1. The molecule has 1 aliphatic heterocycles. The van der Waals surface area contributed by atoms with E-state index in [1.54, 1.807) is 33.0 Å². The third kappa shape index (κ3) is 7.91. The third-order valence-corrected chi connectivity index (χ3v) is 5.60. The van der Waals surface area contributed by atoms with Crippen LogP contribution in [0.1, 0.15) is 64.1 Å². The zero-order valence-corrected chi connectivity index (χ0v) is 19.6. The number of pyridine rings is 1.